The van der Waals surface area contributed by atoms with E-state index in [2.05, 4.69) is 38.9 Å². The van der Waals surface area contributed by atoms with E-state index in [1.54, 1.807) is 19.1 Å². The van der Waals surface area contributed by atoms with Gasteiger partial charge in [-0.15, -0.1) is 12.6 Å². The van der Waals surface area contributed by atoms with Crippen LogP contribution in [0.4, 0.5) is 0 Å². The molecular formula is C39H36O14S. The van der Waals surface area contributed by atoms with E-state index in [1.807, 2.05) is 0 Å². The molecule has 0 N–H and O–H groups in total. The summed E-state index contributed by atoms with van der Waals surface area (Å²) in [7, 11) is 0. The number of benzene rings is 3. The molecule has 0 radical (unpaired) electrons. The number of hydrogen-bond acceptors (Lipinski definition) is 15. The second-order valence-corrected chi connectivity index (χ2v) is 11.2. The number of aryl methyl sites for hydroxylation is 1. The first kappa shape index (κ1) is 41.8. The van der Waals surface area contributed by atoms with Crippen molar-refractivity contribution < 1.29 is 66.7 Å². The highest BCUT2D eigenvalue weighted by atomic mass is 32.1. The molecule has 2 unspecified atom stereocenters. The van der Waals surface area contributed by atoms with Gasteiger partial charge < -0.3 is 37.9 Å². The molecule has 0 aromatic heterocycles. The fourth-order valence-electron chi connectivity index (χ4n) is 4.09. The van der Waals surface area contributed by atoms with Gasteiger partial charge >= 0.3 is 35.8 Å². The van der Waals surface area contributed by atoms with Gasteiger partial charge in [0.2, 0.25) is 0 Å². The van der Waals surface area contributed by atoms with Gasteiger partial charge in [-0.2, -0.15) is 0 Å². The van der Waals surface area contributed by atoms with Crippen LogP contribution in [0.2, 0.25) is 0 Å². The smallest absolute Gasteiger partial charge is 0.343 e. The summed E-state index contributed by atoms with van der Waals surface area (Å²) < 4.78 is 42.5. The summed E-state index contributed by atoms with van der Waals surface area (Å²) in [5, 5.41) is 0. The Morgan fingerprint density at radius 1 is 0.574 bits per heavy atom. The molecule has 2 atom stereocenters. The van der Waals surface area contributed by atoms with Gasteiger partial charge in [0.15, 0.2) is 12.2 Å². The van der Waals surface area contributed by atoms with Gasteiger partial charge in [0, 0.05) is 29.2 Å². The molecule has 0 saturated carbocycles. The highest BCUT2D eigenvalue weighted by Crippen LogP contribution is 2.28. The van der Waals surface area contributed by atoms with E-state index in [4.69, 9.17) is 37.9 Å². The van der Waals surface area contributed by atoms with E-state index in [1.165, 1.54) is 48.5 Å². The van der Waals surface area contributed by atoms with Crippen LogP contribution in [0.3, 0.4) is 0 Å². The standard InChI is InChI=1S/C39H36O14S/c1-6-34(40)48-22-29(50-36(42)8-3)20-46-27-13-10-25(11-14-27)38(44)53-32-16-12-26(19-33(32)54)39(45)52-28-15-17-31(24(5)18-28)47-21-30(51-37(43)9-4)23-49-35(41)7-2/h6-19,29-30,54H,1-4,20-23H2,5H3. The SMILES string of the molecule is C=CC(=O)OCC(COc1ccc(C(=O)Oc2ccc(C(=O)Oc3ccc(OCC(COC(=O)C=C)OC(=O)C=C)c(C)c3)cc2S)cc1)OC(=O)C=C. The maximum absolute atomic E-state index is 12.9. The molecule has 282 valence electrons. The van der Waals surface area contributed by atoms with Crippen molar-refractivity contribution in [3.8, 4) is 23.0 Å². The van der Waals surface area contributed by atoms with Gasteiger partial charge in [-0.25, -0.2) is 28.8 Å². The van der Waals surface area contributed by atoms with Crippen LogP contribution in [0.15, 0.2) is 116 Å². The molecule has 0 aliphatic carbocycles. The summed E-state index contributed by atoms with van der Waals surface area (Å²) in [6.45, 7) is 14.1. The van der Waals surface area contributed by atoms with Gasteiger partial charge in [-0.05, 0) is 73.2 Å². The lowest BCUT2D eigenvalue weighted by molar-refractivity contribution is -0.154. The summed E-state index contributed by atoms with van der Waals surface area (Å²) in [6, 6.07) is 14.6. The molecule has 3 rings (SSSR count). The molecule has 0 aliphatic rings. The van der Waals surface area contributed by atoms with Gasteiger partial charge in [0.1, 0.15) is 49.4 Å². The Kier molecular flexibility index (Phi) is 16.3. The van der Waals surface area contributed by atoms with E-state index < -0.39 is 48.0 Å². The van der Waals surface area contributed by atoms with Crippen LogP contribution in [0.1, 0.15) is 26.3 Å². The van der Waals surface area contributed by atoms with E-state index >= 15 is 0 Å². The largest absolute Gasteiger partial charge is 0.490 e. The summed E-state index contributed by atoms with van der Waals surface area (Å²) >= 11 is 4.36. The Hall–Kier alpha value is -6.61. The first-order valence-corrected chi connectivity index (χ1v) is 16.3. The van der Waals surface area contributed by atoms with Crippen molar-refractivity contribution in [2.45, 2.75) is 24.0 Å². The summed E-state index contributed by atoms with van der Waals surface area (Å²) in [6.07, 6.45) is 2.00. The molecule has 14 nitrogen and oxygen atoms in total. The molecule has 0 fully saturated rings. The molecule has 0 amide bonds. The van der Waals surface area contributed by atoms with Crippen LogP contribution >= 0.6 is 12.6 Å². The molecule has 0 spiro atoms. The molecular weight excluding hydrogens is 724 g/mol. The van der Waals surface area contributed by atoms with Gasteiger partial charge in [0.25, 0.3) is 0 Å². The Morgan fingerprint density at radius 3 is 1.57 bits per heavy atom. The fraction of sp³-hybridized carbons (Fsp3) is 0.179. The first-order valence-electron chi connectivity index (χ1n) is 15.8. The Labute approximate surface area is 315 Å². The lowest BCUT2D eigenvalue weighted by Crippen LogP contribution is -2.30. The van der Waals surface area contributed by atoms with Gasteiger partial charge in [-0.3, -0.25) is 0 Å². The van der Waals surface area contributed by atoms with Crippen LogP contribution in [-0.2, 0) is 38.1 Å². The molecule has 54 heavy (non-hydrogen) atoms. The minimum atomic E-state index is -0.937. The van der Waals surface area contributed by atoms with Crippen molar-refractivity contribution in [3.05, 3.63) is 128 Å². The maximum Gasteiger partial charge on any atom is 0.343 e. The number of thiol groups is 1. The zero-order valence-electron chi connectivity index (χ0n) is 29.1. The monoisotopic (exact) mass is 760 g/mol. The Morgan fingerprint density at radius 2 is 1.06 bits per heavy atom. The number of ether oxygens (including phenoxy) is 8. The normalized spacial score (nSPS) is 11.3. The van der Waals surface area contributed by atoms with E-state index in [0.717, 1.165) is 24.3 Å². The van der Waals surface area contributed by atoms with Crippen molar-refractivity contribution >= 4 is 48.4 Å². The third-order valence-corrected chi connectivity index (χ3v) is 7.11. The number of rotatable bonds is 20. The third-order valence-electron chi connectivity index (χ3n) is 6.76. The van der Waals surface area contributed by atoms with Crippen molar-refractivity contribution in [3.63, 3.8) is 0 Å². The Bertz CT molecular complexity index is 1900. The van der Waals surface area contributed by atoms with Crippen LogP contribution in [-0.4, -0.2) is 74.5 Å². The van der Waals surface area contributed by atoms with Crippen molar-refractivity contribution in [2.24, 2.45) is 0 Å². The molecule has 15 heteroatoms. The molecule has 0 saturated heterocycles. The molecule has 0 bridgehead atoms. The number of esters is 6. The zero-order valence-corrected chi connectivity index (χ0v) is 30.0. The van der Waals surface area contributed by atoms with Gasteiger partial charge in [-0.1, -0.05) is 26.3 Å². The third kappa shape index (κ3) is 13.5. The minimum Gasteiger partial charge on any atom is -0.490 e. The summed E-state index contributed by atoms with van der Waals surface area (Å²) in [4.78, 5) is 72.1. The summed E-state index contributed by atoms with van der Waals surface area (Å²) in [5.41, 5.74) is 0.871. The fourth-order valence-corrected chi connectivity index (χ4v) is 4.35. The van der Waals surface area contributed by atoms with Crippen molar-refractivity contribution in [2.75, 3.05) is 26.4 Å². The summed E-state index contributed by atoms with van der Waals surface area (Å²) in [5.74, 6) is -3.30. The average molecular weight is 761 g/mol. The highest BCUT2D eigenvalue weighted by molar-refractivity contribution is 7.80. The number of carbonyl (C=O) groups excluding carboxylic acids is 6. The second kappa shape index (κ2) is 21.0. The van der Waals surface area contributed by atoms with E-state index in [-0.39, 0.29) is 53.9 Å². The number of carbonyl (C=O) groups is 6. The average Bonchev–Trinajstić information content (AvgIpc) is 3.17. The molecule has 0 heterocycles. The lowest BCUT2D eigenvalue weighted by atomic mass is 10.2. The van der Waals surface area contributed by atoms with E-state index in [0.29, 0.717) is 17.1 Å². The predicted octanol–water partition coefficient (Wildman–Crippen LogP) is 5.13. The van der Waals surface area contributed by atoms with Crippen LogP contribution in [0, 0.1) is 6.92 Å². The first-order chi connectivity index (χ1) is 25.8. The molecule has 0 aliphatic heterocycles. The van der Waals surface area contributed by atoms with Crippen molar-refractivity contribution in [1.29, 1.82) is 0 Å². The predicted molar refractivity (Wildman–Crippen MR) is 195 cm³/mol. The maximum atomic E-state index is 12.9. The second-order valence-electron chi connectivity index (χ2n) is 10.7. The Balaban J connectivity index is 1.57. The highest BCUT2D eigenvalue weighted by Gasteiger charge is 2.20. The molecule has 3 aromatic rings. The molecule has 3 aromatic carbocycles. The van der Waals surface area contributed by atoms with Gasteiger partial charge in [0.05, 0.1) is 11.1 Å². The lowest BCUT2D eigenvalue weighted by Gasteiger charge is -2.18. The quantitative estimate of drug-likeness (QED) is 0.0527. The topological polar surface area (TPSA) is 176 Å². The van der Waals surface area contributed by atoms with E-state index in [9.17, 15) is 28.8 Å². The van der Waals surface area contributed by atoms with Crippen LogP contribution in [0.25, 0.3) is 0 Å². The van der Waals surface area contributed by atoms with Crippen LogP contribution < -0.4 is 18.9 Å². The van der Waals surface area contributed by atoms with Crippen LogP contribution in [0.5, 0.6) is 23.0 Å². The van der Waals surface area contributed by atoms with Crippen molar-refractivity contribution in [1.82, 2.24) is 0 Å². The zero-order chi connectivity index (χ0) is 39.6. The number of hydrogen-bond donors (Lipinski definition) is 1. The minimum absolute atomic E-state index is 0.0786.